The van der Waals surface area contributed by atoms with E-state index in [1.807, 2.05) is 30.3 Å². The third-order valence-corrected chi connectivity index (χ3v) is 7.60. The highest BCUT2D eigenvalue weighted by Crippen LogP contribution is 2.37. The molecule has 42 heavy (non-hydrogen) atoms. The van der Waals surface area contributed by atoms with E-state index < -0.39 is 0 Å². The molecule has 10 nitrogen and oxygen atoms in total. The van der Waals surface area contributed by atoms with Crippen LogP contribution in [-0.4, -0.2) is 67.8 Å². The lowest BCUT2D eigenvalue weighted by molar-refractivity contribution is -0.120. The fourth-order valence-corrected chi connectivity index (χ4v) is 5.33. The molecule has 2 aliphatic rings. The Morgan fingerprint density at radius 1 is 1.07 bits per heavy atom. The number of rotatable bonds is 6. The van der Waals surface area contributed by atoms with Crippen molar-refractivity contribution in [1.29, 1.82) is 5.26 Å². The van der Waals surface area contributed by atoms with E-state index >= 15 is 0 Å². The molecule has 2 fully saturated rings. The van der Waals surface area contributed by atoms with Crippen molar-refractivity contribution in [2.24, 2.45) is 0 Å². The maximum absolute atomic E-state index is 13.3. The van der Waals surface area contributed by atoms with Gasteiger partial charge in [0, 0.05) is 62.3 Å². The van der Waals surface area contributed by atoms with Gasteiger partial charge in [-0.1, -0.05) is 12.1 Å². The van der Waals surface area contributed by atoms with Crippen molar-refractivity contribution in [3.8, 4) is 40.0 Å². The number of amides is 2. The minimum atomic E-state index is -0.194. The van der Waals surface area contributed by atoms with Crippen LogP contribution < -0.4 is 14.8 Å². The molecule has 2 saturated heterocycles. The molecule has 0 atom stereocenters. The van der Waals surface area contributed by atoms with Crippen LogP contribution in [0.1, 0.15) is 35.2 Å². The van der Waals surface area contributed by atoms with Gasteiger partial charge in [-0.15, -0.1) is 0 Å². The number of hydrogen-bond donors (Lipinski definition) is 1. The minimum Gasteiger partial charge on any atom is -0.496 e. The number of benzene rings is 2. The molecule has 1 N–H and O–H groups in total. The SMILES string of the molecule is COc1cc(-c2cc3nccc(-c4ccc(OC5CCOCC5)c(C#N)c4)c3o2)ccc1C(=O)N1CCNC(=O)CC1. The monoisotopic (exact) mass is 566 g/mol. The normalized spacial score (nSPS) is 16.0. The van der Waals surface area contributed by atoms with Crippen LogP contribution in [0.15, 0.2) is 59.1 Å². The fourth-order valence-electron chi connectivity index (χ4n) is 5.33. The van der Waals surface area contributed by atoms with E-state index in [1.165, 1.54) is 7.11 Å². The molecule has 0 unspecified atom stereocenters. The van der Waals surface area contributed by atoms with Crippen molar-refractivity contribution in [2.75, 3.05) is 40.0 Å². The molecule has 2 amide bonds. The number of nitrogens with one attached hydrogen (secondary N) is 1. The van der Waals surface area contributed by atoms with Gasteiger partial charge in [-0.3, -0.25) is 14.6 Å². The summed E-state index contributed by atoms with van der Waals surface area (Å²) in [6, 6.07) is 16.8. The van der Waals surface area contributed by atoms with E-state index in [1.54, 1.807) is 29.3 Å². The van der Waals surface area contributed by atoms with Gasteiger partial charge in [0.1, 0.15) is 34.9 Å². The number of nitriles is 1. The molecule has 4 heterocycles. The molecule has 10 heteroatoms. The van der Waals surface area contributed by atoms with E-state index in [9.17, 15) is 14.9 Å². The van der Waals surface area contributed by atoms with E-state index in [2.05, 4.69) is 16.4 Å². The van der Waals surface area contributed by atoms with Crippen molar-refractivity contribution in [2.45, 2.75) is 25.4 Å². The van der Waals surface area contributed by atoms with E-state index in [0.717, 1.165) is 29.5 Å². The Kier molecular flexibility index (Phi) is 7.75. The second-order valence-electron chi connectivity index (χ2n) is 10.2. The Labute approximate surface area is 242 Å². The first-order valence-electron chi connectivity index (χ1n) is 14.0. The molecular weight excluding hydrogens is 536 g/mol. The number of aromatic nitrogens is 1. The van der Waals surface area contributed by atoms with Gasteiger partial charge in [0.15, 0.2) is 5.58 Å². The molecule has 0 aliphatic carbocycles. The van der Waals surface area contributed by atoms with Gasteiger partial charge < -0.3 is 28.8 Å². The molecule has 6 rings (SSSR count). The van der Waals surface area contributed by atoms with E-state index in [4.69, 9.17) is 18.6 Å². The smallest absolute Gasteiger partial charge is 0.257 e. The highest BCUT2D eigenvalue weighted by atomic mass is 16.5. The quantitative estimate of drug-likeness (QED) is 0.360. The number of carbonyl (C=O) groups excluding carboxylic acids is 2. The maximum Gasteiger partial charge on any atom is 0.257 e. The number of hydrogen-bond acceptors (Lipinski definition) is 8. The van der Waals surface area contributed by atoms with Gasteiger partial charge >= 0.3 is 0 Å². The van der Waals surface area contributed by atoms with Gasteiger partial charge in [0.2, 0.25) is 5.91 Å². The first-order chi connectivity index (χ1) is 20.5. The molecule has 0 saturated carbocycles. The summed E-state index contributed by atoms with van der Waals surface area (Å²) in [6.07, 6.45) is 3.59. The summed E-state index contributed by atoms with van der Waals surface area (Å²) in [5.74, 6) is 1.28. The average molecular weight is 567 g/mol. The lowest BCUT2D eigenvalue weighted by atomic mass is 10.0. The summed E-state index contributed by atoms with van der Waals surface area (Å²) in [5.41, 5.74) is 4.42. The molecular formula is C32H30N4O6. The Balaban J connectivity index is 1.29. The van der Waals surface area contributed by atoms with Crippen LogP contribution in [0.3, 0.4) is 0 Å². The fraction of sp³-hybridized carbons (Fsp3) is 0.312. The first kappa shape index (κ1) is 27.3. The molecule has 0 bridgehead atoms. The maximum atomic E-state index is 13.3. The standard InChI is InChI=1S/C32H30N4O6/c1-39-29-17-21(2-4-25(29)32(38)36-12-7-30(37)35-11-13-36)28-18-26-31(42-28)24(6-10-34-26)20-3-5-27(22(16-20)19-33)41-23-8-14-40-15-9-23/h2-6,10,16-18,23H,7-9,11-15H2,1H3,(H,35,37). The number of carbonyl (C=O) groups is 2. The highest BCUT2D eigenvalue weighted by molar-refractivity contribution is 5.98. The molecule has 0 spiro atoms. The highest BCUT2D eigenvalue weighted by Gasteiger charge is 2.24. The Bertz CT molecular complexity index is 1680. The van der Waals surface area contributed by atoms with Gasteiger partial charge in [-0.25, -0.2) is 0 Å². The van der Waals surface area contributed by atoms with E-state index in [-0.39, 0.29) is 24.3 Å². The topological polar surface area (TPSA) is 127 Å². The van der Waals surface area contributed by atoms with Crippen LogP contribution in [-0.2, 0) is 9.53 Å². The summed E-state index contributed by atoms with van der Waals surface area (Å²) in [4.78, 5) is 31.1. The summed E-state index contributed by atoms with van der Waals surface area (Å²) in [5, 5.41) is 12.6. The number of ether oxygens (including phenoxy) is 3. The molecule has 0 radical (unpaired) electrons. The van der Waals surface area contributed by atoms with Gasteiger partial charge in [-0.05, 0) is 35.9 Å². The van der Waals surface area contributed by atoms with Crippen molar-refractivity contribution in [3.05, 3.63) is 65.9 Å². The summed E-state index contributed by atoms with van der Waals surface area (Å²) in [6.45, 7) is 2.52. The third kappa shape index (κ3) is 5.51. The van der Waals surface area contributed by atoms with Crippen molar-refractivity contribution in [1.82, 2.24) is 15.2 Å². The Hall–Kier alpha value is -4.88. The molecule has 2 aromatic heterocycles. The minimum absolute atomic E-state index is 0.0289. The van der Waals surface area contributed by atoms with Crippen LogP contribution >= 0.6 is 0 Å². The summed E-state index contributed by atoms with van der Waals surface area (Å²) in [7, 11) is 1.52. The molecule has 2 aromatic carbocycles. The zero-order chi connectivity index (χ0) is 29.1. The van der Waals surface area contributed by atoms with Crippen LogP contribution in [0.2, 0.25) is 0 Å². The predicted octanol–water partition coefficient (Wildman–Crippen LogP) is 4.56. The van der Waals surface area contributed by atoms with Gasteiger partial charge in [0.05, 0.1) is 31.5 Å². The number of methoxy groups -OCH3 is 1. The van der Waals surface area contributed by atoms with Gasteiger partial charge in [0.25, 0.3) is 5.91 Å². The van der Waals surface area contributed by atoms with Crippen LogP contribution in [0, 0.1) is 11.3 Å². The number of furan rings is 1. The van der Waals surface area contributed by atoms with E-state index in [0.29, 0.717) is 72.3 Å². The number of nitrogens with zero attached hydrogens (tertiary/aromatic N) is 3. The van der Waals surface area contributed by atoms with Crippen LogP contribution in [0.4, 0.5) is 0 Å². The predicted molar refractivity (Wildman–Crippen MR) is 154 cm³/mol. The number of fused-ring (bicyclic) bond motifs is 1. The van der Waals surface area contributed by atoms with Crippen LogP contribution in [0.25, 0.3) is 33.6 Å². The second-order valence-corrected chi connectivity index (χ2v) is 10.2. The molecule has 2 aliphatic heterocycles. The van der Waals surface area contributed by atoms with Crippen molar-refractivity contribution < 1.29 is 28.2 Å². The zero-order valence-corrected chi connectivity index (χ0v) is 23.2. The lowest BCUT2D eigenvalue weighted by Crippen LogP contribution is -2.34. The third-order valence-electron chi connectivity index (χ3n) is 7.60. The van der Waals surface area contributed by atoms with Crippen LogP contribution in [0.5, 0.6) is 11.5 Å². The van der Waals surface area contributed by atoms with Crippen molar-refractivity contribution >= 4 is 22.9 Å². The zero-order valence-electron chi connectivity index (χ0n) is 23.2. The Morgan fingerprint density at radius 3 is 2.71 bits per heavy atom. The summed E-state index contributed by atoms with van der Waals surface area (Å²) >= 11 is 0. The molecule has 4 aromatic rings. The first-order valence-corrected chi connectivity index (χ1v) is 14.0. The largest absolute Gasteiger partial charge is 0.496 e. The van der Waals surface area contributed by atoms with Gasteiger partial charge in [-0.2, -0.15) is 5.26 Å². The lowest BCUT2D eigenvalue weighted by Gasteiger charge is -2.23. The molecule has 214 valence electrons. The van der Waals surface area contributed by atoms with Crippen molar-refractivity contribution in [3.63, 3.8) is 0 Å². The average Bonchev–Trinajstić information content (AvgIpc) is 3.36. The second kappa shape index (κ2) is 11.9. The Morgan fingerprint density at radius 2 is 1.90 bits per heavy atom. The summed E-state index contributed by atoms with van der Waals surface area (Å²) < 4.78 is 23.4. The number of pyridine rings is 1.